The summed E-state index contributed by atoms with van der Waals surface area (Å²) in [7, 11) is 0. The van der Waals surface area contributed by atoms with Gasteiger partial charge in [-0.25, -0.2) is 0 Å². The minimum Gasteiger partial charge on any atom is -0.508 e. The summed E-state index contributed by atoms with van der Waals surface area (Å²) in [6.45, 7) is -3.22. The van der Waals surface area contributed by atoms with Crippen LogP contribution in [0.25, 0.3) is 28.4 Å². The summed E-state index contributed by atoms with van der Waals surface area (Å²) in [5.41, 5.74) is -10.2. The van der Waals surface area contributed by atoms with E-state index >= 15 is 9.59 Å². The van der Waals surface area contributed by atoms with E-state index in [1.54, 1.807) is 0 Å². The van der Waals surface area contributed by atoms with E-state index in [9.17, 15) is 102 Å². The average molecular weight is 1090 g/mol. The van der Waals surface area contributed by atoms with Crippen LogP contribution in [0.15, 0.2) is 86.5 Å². The Balaban J connectivity index is 1.41. The second kappa shape index (κ2) is 21.9. The third kappa shape index (κ3) is 9.84. The molecule has 0 saturated carbocycles. The summed E-state index contributed by atoms with van der Waals surface area (Å²) in [6.07, 6.45) is -32.0. The molecule has 0 bridgehead atoms. The second-order valence-electron chi connectivity index (χ2n) is 18.3. The number of ether oxygens (including phenoxy) is 5. The van der Waals surface area contributed by atoms with Crippen molar-refractivity contribution in [2.24, 2.45) is 0 Å². The molecule has 19 N–H and O–H groups in total. The molecular weight excluding hydrogens is 1040 g/mol. The summed E-state index contributed by atoms with van der Waals surface area (Å²) in [6, 6.07) is 9.42. The molecule has 4 aromatic rings. The summed E-state index contributed by atoms with van der Waals surface area (Å²) in [5, 5.41) is 206. The molecule has 3 aromatic carbocycles. The SMILES string of the molecule is O=C1C(Cc2c(O)c(O[C@@H]3O[C@H](CO)[C@@H](O)[C@H](O)[C@H]3O)c(O)c3c(=O)c(O[C@@H]4O[C@H](CO)[C@@H](O)[C@H](O)[C@H]4O)c(-c4ccc(O)cc4)oc23)=C(O)/C(=C(O)/C=C/c2ccc(O)cc2)C(=O)[C@]1(O)C1O[C@H](CO)[C@@H](O)[C@H](O)[C@H]1O. The maximum Gasteiger partial charge on any atom is 0.239 e. The highest BCUT2D eigenvalue weighted by atomic mass is 16.7. The zero-order chi connectivity index (χ0) is 56.3. The van der Waals surface area contributed by atoms with Gasteiger partial charge in [-0.3, -0.25) is 14.4 Å². The van der Waals surface area contributed by atoms with E-state index in [-0.39, 0.29) is 22.6 Å². The lowest BCUT2D eigenvalue weighted by Crippen LogP contribution is -2.70. The molecule has 77 heavy (non-hydrogen) atoms. The molecule has 3 fully saturated rings. The van der Waals surface area contributed by atoms with Crippen molar-refractivity contribution in [1.82, 2.24) is 0 Å². The van der Waals surface area contributed by atoms with Gasteiger partial charge in [-0.1, -0.05) is 18.2 Å². The van der Waals surface area contributed by atoms with Crippen molar-refractivity contribution in [2.45, 2.75) is 104 Å². The van der Waals surface area contributed by atoms with Crippen LogP contribution in [0.1, 0.15) is 11.1 Å². The summed E-state index contributed by atoms with van der Waals surface area (Å²) in [5.74, 6) is -13.4. The third-order valence-electron chi connectivity index (χ3n) is 13.5. The van der Waals surface area contributed by atoms with Crippen molar-refractivity contribution in [1.29, 1.82) is 0 Å². The number of Topliss-reactive ketones (excluding diaryl/α,β-unsaturated/α-hetero) is 2. The number of carbonyl (C=O) groups is 2. The number of allylic oxidation sites excluding steroid dienone is 2. The molecule has 16 atom stereocenters. The fourth-order valence-electron chi connectivity index (χ4n) is 9.18. The lowest BCUT2D eigenvalue weighted by Gasteiger charge is -2.46. The van der Waals surface area contributed by atoms with Gasteiger partial charge in [0.25, 0.3) is 0 Å². The maximum atomic E-state index is 15.1. The van der Waals surface area contributed by atoms with E-state index in [0.29, 0.717) is 0 Å². The van der Waals surface area contributed by atoms with Crippen LogP contribution < -0.4 is 14.9 Å². The summed E-state index contributed by atoms with van der Waals surface area (Å²) < 4.78 is 33.9. The Hall–Kier alpha value is -6.81. The number of aromatic hydroxyl groups is 4. The quantitative estimate of drug-likeness (QED) is 0.0340. The first-order chi connectivity index (χ1) is 36.4. The van der Waals surface area contributed by atoms with E-state index in [1.165, 1.54) is 24.3 Å². The standard InChI is InChI=1S/C49H52O28/c50-12-22-29(58)34(63)37(66)46(72-22)49(71)44(69)20(27(56)25(45(49)70)21(55)10-3-15-1-6-17(53)7-2-15)11-19-28(57)42(76-47-38(67)35(64)30(59)23(13-51)73-47)32(61)26-33(62)43(40(75-41(19)26)16-4-8-18(54)9-5-16)77-48-39(68)36(65)31(60)24(14-52)74-48/h1-10,22-24,29-31,34-39,46-48,50-61,63-68,71H,11-14H2/b10-3+,25-21+/t22-,23-,24-,29-,30-,31-,34+,35+,36+,37-,38-,39-,46?,47+,48+,49+/m1/s1. The predicted octanol–water partition coefficient (Wildman–Crippen LogP) is -4.75. The van der Waals surface area contributed by atoms with Gasteiger partial charge in [0.05, 0.1) is 19.8 Å². The number of phenols is 4. The van der Waals surface area contributed by atoms with Crippen molar-refractivity contribution in [3.8, 4) is 45.8 Å². The fourth-order valence-corrected chi connectivity index (χ4v) is 9.18. The van der Waals surface area contributed by atoms with Crippen LogP contribution in [-0.4, -0.2) is 226 Å². The number of benzene rings is 3. The molecule has 0 radical (unpaired) electrons. The highest BCUT2D eigenvalue weighted by molar-refractivity contribution is 6.28. The van der Waals surface area contributed by atoms with Crippen LogP contribution in [0.2, 0.25) is 0 Å². The van der Waals surface area contributed by atoms with Crippen LogP contribution in [0.3, 0.4) is 0 Å². The highest BCUT2D eigenvalue weighted by Crippen LogP contribution is 2.50. The Labute approximate surface area is 430 Å². The fraction of sp³-hybridized carbons (Fsp3) is 0.408. The first kappa shape index (κ1) is 56.4. The van der Waals surface area contributed by atoms with Gasteiger partial charge >= 0.3 is 0 Å². The molecule has 0 spiro atoms. The molecule has 8 rings (SSSR count). The molecular formula is C49H52O28. The third-order valence-corrected chi connectivity index (χ3v) is 13.5. The molecule has 1 aromatic heterocycles. The molecule has 28 heteroatoms. The zero-order valence-corrected chi connectivity index (χ0v) is 39.4. The van der Waals surface area contributed by atoms with Crippen molar-refractivity contribution < 1.29 is 135 Å². The molecule has 3 saturated heterocycles. The van der Waals surface area contributed by atoms with Crippen LogP contribution in [-0.2, 0) is 30.2 Å². The van der Waals surface area contributed by atoms with Crippen LogP contribution in [0.5, 0.6) is 34.5 Å². The summed E-state index contributed by atoms with van der Waals surface area (Å²) >= 11 is 0. The predicted molar refractivity (Wildman–Crippen MR) is 251 cm³/mol. The molecule has 4 heterocycles. The van der Waals surface area contributed by atoms with Gasteiger partial charge in [-0.05, 0) is 48.0 Å². The van der Waals surface area contributed by atoms with Crippen molar-refractivity contribution in [3.05, 3.63) is 98.6 Å². The minimum absolute atomic E-state index is 0.184. The van der Waals surface area contributed by atoms with Crippen molar-refractivity contribution >= 4 is 28.6 Å². The van der Waals surface area contributed by atoms with Gasteiger partial charge in [0.15, 0.2) is 17.3 Å². The molecule has 4 aliphatic rings. The van der Waals surface area contributed by atoms with Crippen LogP contribution in [0.4, 0.5) is 0 Å². The maximum absolute atomic E-state index is 15.1. The van der Waals surface area contributed by atoms with Gasteiger partial charge in [-0.15, -0.1) is 0 Å². The summed E-state index contributed by atoms with van der Waals surface area (Å²) in [4.78, 5) is 44.7. The first-order valence-electron chi connectivity index (χ1n) is 23.2. The van der Waals surface area contributed by atoms with Gasteiger partial charge in [0, 0.05) is 23.1 Å². The Bertz CT molecular complexity index is 3040. The number of aliphatic hydroxyl groups is 15. The Morgan fingerprint density at radius 3 is 1.58 bits per heavy atom. The molecule has 0 amide bonds. The highest BCUT2D eigenvalue weighted by Gasteiger charge is 2.64. The number of aliphatic hydroxyl groups excluding tert-OH is 14. The van der Waals surface area contributed by atoms with Crippen LogP contribution in [0, 0.1) is 0 Å². The lowest BCUT2D eigenvalue weighted by atomic mass is 9.70. The molecule has 3 aliphatic heterocycles. The minimum atomic E-state index is -3.91. The Morgan fingerprint density at radius 2 is 1.06 bits per heavy atom. The van der Waals surface area contributed by atoms with E-state index < -0.39 is 209 Å². The Morgan fingerprint density at radius 1 is 0.584 bits per heavy atom. The average Bonchev–Trinajstić information content (AvgIpc) is 3.47. The number of phenolic OH excluding ortho intramolecular Hbond substituents is 4. The second-order valence-corrected chi connectivity index (χ2v) is 18.3. The first-order valence-corrected chi connectivity index (χ1v) is 23.2. The number of hydrogen-bond donors (Lipinski definition) is 19. The molecule has 416 valence electrons. The Kier molecular flexibility index (Phi) is 16.0. The molecule has 28 nitrogen and oxygen atoms in total. The number of rotatable bonds is 13. The van der Waals surface area contributed by atoms with Gasteiger partial charge in [-0.2, -0.15) is 0 Å². The number of ketones is 2. The van der Waals surface area contributed by atoms with E-state index in [0.717, 1.165) is 36.4 Å². The van der Waals surface area contributed by atoms with Gasteiger partial charge < -0.3 is 125 Å². The van der Waals surface area contributed by atoms with E-state index in [1.807, 2.05) is 0 Å². The van der Waals surface area contributed by atoms with Crippen molar-refractivity contribution in [3.63, 3.8) is 0 Å². The lowest BCUT2D eigenvalue weighted by molar-refractivity contribution is -0.277. The van der Waals surface area contributed by atoms with E-state index in [4.69, 9.17) is 28.1 Å². The largest absolute Gasteiger partial charge is 0.508 e. The van der Waals surface area contributed by atoms with Crippen LogP contribution >= 0.6 is 0 Å². The monoisotopic (exact) mass is 1090 g/mol. The zero-order valence-electron chi connectivity index (χ0n) is 39.4. The number of carbonyl (C=O) groups excluding carboxylic acids is 2. The molecule has 1 unspecified atom stereocenters. The number of fused-ring (bicyclic) bond motifs is 1. The normalized spacial score (nSPS) is 33.7. The van der Waals surface area contributed by atoms with E-state index in [2.05, 4.69) is 0 Å². The van der Waals surface area contributed by atoms with Gasteiger partial charge in [0.2, 0.25) is 46.7 Å². The molecule has 1 aliphatic carbocycles. The topological polar surface area (TPSA) is 495 Å². The number of hydrogen-bond acceptors (Lipinski definition) is 28. The van der Waals surface area contributed by atoms with Crippen molar-refractivity contribution in [2.75, 3.05) is 19.8 Å². The van der Waals surface area contributed by atoms with Gasteiger partial charge in [0.1, 0.15) is 119 Å². The smallest absolute Gasteiger partial charge is 0.239 e.